The predicted molar refractivity (Wildman–Crippen MR) is 127 cm³/mol. The van der Waals surface area contributed by atoms with E-state index < -0.39 is 0 Å². The quantitative estimate of drug-likeness (QED) is 0.562. The van der Waals surface area contributed by atoms with Crippen molar-refractivity contribution in [3.8, 4) is 17.2 Å². The first kappa shape index (κ1) is 23.6. The molecule has 0 unspecified atom stereocenters. The van der Waals surface area contributed by atoms with E-state index in [-0.39, 0.29) is 17.5 Å². The lowest BCUT2D eigenvalue weighted by Crippen LogP contribution is -2.43. The van der Waals surface area contributed by atoms with Gasteiger partial charge in [-0.2, -0.15) is 0 Å². The van der Waals surface area contributed by atoms with E-state index in [2.05, 4.69) is 10.2 Å². The highest BCUT2D eigenvalue weighted by molar-refractivity contribution is 6.36. The van der Waals surface area contributed by atoms with E-state index in [0.717, 1.165) is 13.1 Å². The number of carbonyl (C=O) groups is 2. The minimum Gasteiger partial charge on any atom is -0.497 e. The minimum absolute atomic E-state index is 0.226. The van der Waals surface area contributed by atoms with Gasteiger partial charge in [-0.25, -0.2) is 0 Å². The summed E-state index contributed by atoms with van der Waals surface area (Å²) in [5.41, 5.74) is 1.79. The molecule has 2 aromatic rings. The van der Waals surface area contributed by atoms with Crippen molar-refractivity contribution in [2.24, 2.45) is 0 Å². The van der Waals surface area contributed by atoms with Gasteiger partial charge in [0.15, 0.2) is 11.5 Å². The maximum Gasteiger partial charge on any atom is 0.278 e. The molecule has 2 heterocycles. The van der Waals surface area contributed by atoms with Crippen LogP contribution in [0.5, 0.6) is 17.2 Å². The zero-order valence-corrected chi connectivity index (χ0v) is 19.6. The van der Waals surface area contributed by atoms with Crippen molar-refractivity contribution in [1.82, 2.24) is 9.80 Å². The van der Waals surface area contributed by atoms with Gasteiger partial charge in [-0.3, -0.25) is 19.4 Å². The molecule has 2 amide bonds. The highest BCUT2D eigenvalue weighted by Gasteiger charge is 2.39. The van der Waals surface area contributed by atoms with Crippen LogP contribution in [0.15, 0.2) is 48.2 Å². The van der Waals surface area contributed by atoms with Crippen LogP contribution in [0, 0.1) is 0 Å². The molecule has 2 aromatic carbocycles. The first-order valence-electron chi connectivity index (χ1n) is 11.1. The summed E-state index contributed by atoms with van der Waals surface area (Å²) in [5, 5.41) is 3.16. The molecule has 1 fully saturated rings. The third-order valence-electron chi connectivity index (χ3n) is 5.94. The van der Waals surface area contributed by atoms with Crippen LogP contribution >= 0.6 is 0 Å². The first-order valence-corrected chi connectivity index (χ1v) is 11.1. The number of nitrogens with one attached hydrogen (secondary N) is 1. The van der Waals surface area contributed by atoms with Crippen molar-refractivity contribution >= 4 is 23.1 Å². The largest absolute Gasteiger partial charge is 0.497 e. The van der Waals surface area contributed by atoms with Crippen LogP contribution in [-0.2, 0) is 14.3 Å². The number of rotatable bonds is 9. The molecule has 2 aliphatic heterocycles. The molecule has 1 N–H and O–H groups in total. The molecule has 0 bridgehead atoms. The Morgan fingerprint density at radius 1 is 0.853 bits per heavy atom. The van der Waals surface area contributed by atoms with Crippen molar-refractivity contribution in [2.75, 3.05) is 66.0 Å². The Labute approximate surface area is 198 Å². The lowest BCUT2D eigenvalue weighted by atomic mass is 10.0. The molecule has 4 rings (SSSR count). The van der Waals surface area contributed by atoms with Gasteiger partial charge in [0.25, 0.3) is 11.8 Å². The number of amides is 2. The van der Waals surface area contributed by atoms with Crippen molar-refractivity contribution in [1.29, 1.82) is 0 Å². The number of methoxy groups -OCH3 is 3. The fourth-order valence-electron chi connectivity index (χ4n) is 4.05. The van der Waals surface area contributed by atoms with E-state index in [0.29, 0.717) is 60.4 Å². The smallest absolute Gasteiger partial charge is 0.278 e. The topological polar surface area (TPSA) is 89.6 Å². The minimum atomic E-state index is -0.362. The van der Waals surface area contributed by atoms with Gasteiger partial charge in [-0.1, -0.05) is 12.1 Å². The number of hydrogen-bond acceptors (Lipinski definition) is 8. The Morgan fingerprint density at radius 3 is 2.21 bits per heavy atom. The fraction of sp³-hybridized carbons (Fsp3) is 0.360. The molecule has 9 nitrogen and oxygen atoms in total. The number of imide groups is 1. The molecule has 0 radical (unpaired) electrons. The van der Waals surface area contributed by atoms with Crippen molar-refractivity contribution < 1.29 is 28.5 Å². The van der Waals surface area contributed by atoms with Crippen LogP contribution in [0.25, 0.3) is 5.57 Å². The average Bonchev–Trinajstić information content (AvgIpc) is 3.11. The standard InChI is InChI=1S/C25H29N3O6/c1-31-19-7-4-17(5-8-19)22-23(26-18-6-9-20(32-2)21(16-18)33-3)25(30)28(24(22)29)11-10-27-12-14-34-15-13-27/h4-9,16,26H,10-15H2,1-3H3. The Morgan fingerprint density at radius 2 is 1.56 bits per heavy atom. The van der Waals surface area contributed by atoms with Crippen LogP contribution in [0.4, 0.5) is 5.69 Å². The molecular formula is C25H29N3O6. The van der Waals surface area contributed by atoms with E-state index in [9.17, 15) is 9.59 Å². The monoisotopic (exact) mass is 467 g/mol. The van der Waals surface area contributed by atoms with Gasteiger partial charge in [0.05, 0.1) is 40.1 Å². The Hall–Kier alpha value is -3.56. The Balaban J connectivity index is 1.64. The maximum absolute atomic E-state index is 13.5. The summed E-state index contributed by atoms with van der Waals surface area (Å²) in [6, 6.07) is 12.3. The zero-order chi connectivity index (χ0) is 24.1. The molecule has 34 heavy (non-hydrogen) atoms. The van der Waals surface area contributed by atoms with Gasteiger partial charge in [0.2, 0.25) is 0 Å². The molecule has 1 saturated heterocycles. The molecular weight excluding hydrogens is 438 g/mol. The van der Waals surface area contributed by atoms with Gasteiger partial charge >= 0.3 is 0 Å². The van der Waals surface area contributed by atoms with Crippen LogP contribution < -0.4 is 19.5 Å². The van der Waals surface area contributed by atoms with Gasteiger partial charge in [0, 0.05) is 37.9 Å². The second kappa shape index (κ2) is 10.6. The highest BCUT2D eigenvalue weighted by atomic mass is 16.5. The lowest BCUT2D eigenvalue weighted by molar-refractivity contribution is -0.137. The summed E-state index contributed by atoms with van der Waals surface area (Å²) in [6.45, 7) is 3.78. The molecule has 180 valence electrons. The molecule has 0 spiro atoms. The normalized spacial score (nSPS) is 16.7. The summed E-state index contributed by atoms with van der Waals surface area (Å²) >= 11 is 0. The highest BCUT2D eigenvalue weighted by Crippen LogP contribution is 2.34. The number of carbonyl (C=O) groups excluding carboxylic acids is 2. The molecule has 0 saturated carbocycles. The van der Waals surface area contributed by atoms with Gasteiger partial charge < -0.3 is 24.3 Å². The van der Waals surface area contributed by atoms with Crippen molar-refractivity contribution in [3.05, 3.63) is 53.7 Å². The lowest BCUT2D eigenvalue weighted by Gasteiger charge is -2.28. The maximum atomic E-state index is 13.5. The number of benzene rings is 2. The van der Waals surface area contributed by atoms with Crippen molar-refractivity contribution in [2.45, 2.75) is 0 Å². The first-order chi connectivity index (χ1) is 16.5. The van der Waals surface area contributed by atoms with Crippen LogP contribution in [-0.4, -0.2) is 82.3 Å². The number of ether oxygens (including phenoxy) is 4. The predicted octanol–water partition coefficient (Wildman–Crippen LogP) is 2.24. The summed E-state index contributed by atoms with van der Waals surface area (Å²) < 4.78 is 21.3. The van der Waals surface area contributed by atoms with Gasteiger partial charge in [-0.05, 0) is 29.8 Å². The Bertz CT molecular complexity index is 1080. The number of hydrogen-bond donors (Lipinski definition) is 1. The number of nitrogens with zero attached hydrogens (tertiary/aromatic N) is 2. The third-order valence-corrected chi connectivity index (χ3v) is 5.94. The molecule has 0 aliphatic carbocycles. The molecule has 9 heteroatoms. The van der Waals surface area contributed by atoms with E-state index in [1.165, 1.54) is 4.90 Å². The number of anilines is 1. The number of morpholine rings is 1. The van der Waals surface area contributed by atoms with Crippen LogP contribution in [0.3, 0.4) is 0 Å². The SMILES string of the molecule is COc1ccc(C2=C(Nc3ccc(OC)c(OC)c3)C(=O)N(CCN3CCOCC3)C2=O)cc1. The fourth-order valence-corrected chi connectivity index (χ4v) is 4.05. The van der Waals surface area contributed by atoms with E-state index in [4.69, 9.17) is 18.9 Å². The average molecular weight is 468 g/mol. The van der Waals surface area contributed by atoms with E-state index in [1.807, 2.05) is 0 Å². The van der Waals surface area contributed by atoms with E-state index in [1.54, 1.807) is 63.8 Å². The van der Waals surface area contributed by atoms with Gasteiger partial charge in [-0.15, -0.1) is 0 Å². The third kappa shape index (κ3) is 4.85. The second-order valence-electron chi connectivity index (χ2n) is 7.89. The molecule has 2 aliphatic rings. The Kier molecular flexibility index (Phi) is 7.34. The second-order valence-corrected chi connectivity index (χ2v) is 7.89. The van der Waals surface area contributed by atoms with Crippen LogP contribution in [0.1, 0.15) is 5.56 Å². The van der Waals surface area contributed by atoms with Crippen molar-refractivity contribution in [3.63, 3.8) is 0 Å². The summed E-state index contributed by atoms with van der Waals surface area (Å²) in [5.74, 6) is 1.06. The van der Waals surface area contributed by atoms with E-state index >= 15 is 0 Å². The summed E-state index contributed by atoms with van der Waals surface area (Å²) in [4.78, 5) is 30.4. The molecule has 0 aromatic heterocycles. The summed E-state index contributed by atoms with van der Waals surface area (Å²) in [6.07, 6.45) is 0. The summed E-state index contributed by atoms with van der Waals surface area (Å²) in [7, 11) is 4.68. The zero-order valence-electron chi connectivity index (χ0n) is 19.6. The van der Waals surface area contributed by atoms with Gasteiger partial charge in [0.1, 0.15) is 11.4 Å². The molecule has 0 atom stereocenters. The van der Waals surface area contributed by atoms with Crippen LogP contribution in [0.2, 0.25) is 0 Å².